The lowest BCUT2D eigenvalue weighted by atomic mass is 10.0. The lowest BCUT2D eigenvalue weighted by Crippen LogP contribution is -2.50. The molecule has 0 aliphatic carbocycles. The molecule has 1 amide bonds. The molecule has 13 nitrogen and oxygen atoms in total. The number of hydrogen-bond donors (Lipinski definition) is 1. The molecular weight excluding hydrogens is 700 g/mol. The highest BCUT2D eigenvalue weighted by Gasteiger charge is 2.26. The Morgan fingerprint density at radius 2 is 0.873 bits per heavy atom. The Bertz CT molecular complexity index is 1730. The Balaban J connectivity index is 1.53. The number of carbonyl (C=O) groups excluding carboxylic acids is 4. The summed E-state index contributed by atoms with van der Waals surface area (Å²) in [6.07, 6.45) is 0. The molecule has 0 unspecified atom stereocenters. The summed E-state index contributed by atoms with van der Waals surface area (Å²) in [6.45, 7) is 20.8. The van der Waals surface area contributed by atoms with Gasteiger partial charge in [-0.2, -0.15) is 0 Å². The second-order valence-electron chi connectivity index (χ2n) is 17.3. The van der Waals surface area contributed by atoms with Crippen molar-refractivity contribution in [3.63, 3.8) is 0 Å². The van der Waals surface area contributed by atoms with E-state index in [1.54, 1.807) is 0 Å². The van der Waals surface area contributed by atoms with Gasteiger partial charge in [0.15, 0.2) is 0 Å². The van der Waals surface area contributed by atoms with Crippen LogP contribution in [0.2, 0.25) is 0 Å². The van der Waals surface area contributed by atoms with Crippen molar-refractivity contribution in [2.45, 2.75) is 85.7 Å². The fraction of sp³-hybridized carbons (Fsp3) is 0.595. The summed E-state index contributed by atoms with van der Waals surface area (Å²) in [5.41, 5.74) is -0.254. The van der Waals surface area contributed by atoms with E-state index < -0.39 is 16.8 Å². The van der Waals surface area contributed by atoms with Crippen molar-refractivity contribution in [3.05, 3.63) is 54.2 Å². The first-order chi connectivity index (χ1) is 25.7. The molecule has 0 spiro atoms. The van der Waals surface area contributed by atoms with Crippen LogP contribution in [0, 0.1) is 0 Å². The third-order valence-electron chi connectivity index (χ3n) is 8.76. The Morgan fingerprint density at radius 3 is 1.27 bits per heavy atom. The molecule has 3 aromatic rings. The molecule has 55 heavy (non-hydrogen) atoms. The number of fused-ring (bicyclic) bond motifs is 3. The zero-order valence-electron chi connectivity index (χ0n) is 34.4. The second kappa shape index (κ2) is 19.1. The van der Waals surface area contributed by atoms with Gasteiger partial charge in [-0.3, -0.25) is 43.8 Å². The third-order valence-corrected chi connectivity index (χ3v) is 8.76. The van der Waals surface area contributed by atoms with E-state index in [1.165, 1.54) is 0 Å². The van der Waals surface area contributed by atoms with Crippen LogP contribution in [0.5, 0.6) is 0 Å². The molecule has 302 valence electrons. The molecule has 2 heterocycles. The molecule has 2 aromatic carbocycles. The van der Waals surface area contributed by atoms with Crippen molar-refractivity contribution in [2.24, 2.45) is 0 Å². The van der Waals surface area contributed by atoms with Gasteiger partial charge in [-0.25, -0.2) is 0 Å². The number of pyridine rings is 1. The van der Waals surface area contributed by atoms with Crippen molar-refractivity contribution in [1.82, 2.24) is 29.9 Å². The molecule has 1 aromatic heterocycles. The Morgan fingerprint density at radius 1 is 0.527 bits per heavy atom. The van der Waals surface area contributed by atoms with Gasteiger partial charge in [-0.15, -0.1) is 0 Å². The van der Waals surface area contributed by atoms with Crippen LogP contribution in [0.25, 0.3) is 21.7 Å². The van der Waals surface area contributed by atoms with Crippen LogP contribution in [0.4, 0.5) is 0 Å². The fourth-order valence-electron chi connectivity index (χ4n) is 6.43. The predicted octanol–water partition coefficient (Wildman–Crippen LogP) is 4.25. The first kappa shape index (κ1) is 43.6. The van der Waals surface area contributed by atoms with Crippen molar-refractivity contribution in [3.8, 4) is 0 Å². The highest BCUT2D eigenvalue weighted by molar-refractivity contribution is 6.06. The van der Waals surface area contributed by atoms with Gasteiger partial charge in [0.1, 0.15) is 16.8 Å². The molecule has 1 fully saturated rings. The number of carbonyl (C=O) groups is 4. The maximum atomic E-state index is 13.6. The number of para-hydroxylation sites is 1. The van der Waals surface area contributed by atoms with Crippen molar-refractivity contribution in [2.75, 3.05) is 78.5 Å². The van der Waals surface area contributed by atoms with Gasteiger partial charge in [0, 0.05) is 63.1 Å². The minimum absolute atomic E-state index is 0.0586. The summed E-state index contributed by atoms with van der Waals surface area (Å²) in [6, 6.07) is 16.1. The molecule has 0 radical (unpaired) electrons. The zero-order valence-corrected chi connectivity index (χ0v) is 34.4. The minimum atomic E-state index is -0.640. The maximum absolute atomic E-state index is 13.6. The predicted molar refractivity (Wildman–Crippen MR) is 214 cm³/mol. The number of aromatic nitrogens is 1. The van der Waals surface area contributed by atoms with Gasteiger partial charge < -0.3 is 19.5 Å². The van der Waals surface area contributed by atoms with Gasteiger partial charge in [0.2, 0.25) is 5.91 Å². The largest absolute Gasteiger partial charge is 0.459 e. The van der Waals surface area contributed by atoms with E-state index in [9.17, 15) is 19.2 Å². The molecule has 1 saturated heterocycles. The average molecular weight is 763 g/mol. The smallest absolute Gasteiger partial charge is 0.320 e. The van der Waals surface area contributed by atoms with E-state index in [-0.39, 0.29) is 56.5 Å². The number of amides is 1. The van der Waals surface area contributed by atoms with E-state index in [1.807, 2.05) is 118 Å². The van der Waals surface area contributed by atoms with E-state index in [4.69, 9.17) is 19.2 Å². The van der Waals surface area contributed by atoms with Crippen molar-refractivity contribution >= 4 is 45.5 Å². The summed E-state index contributed by atoms with van der Waals surface area (Å²) in [4.78, 5) is 65.6. The molecule has 13 heteroatoms. The molecular formula is C42H62N6O7. The van der Waals surface area contributed by atoms with Crippen LogP contribution in [0.15, 0.2) is 48.5 Å². The summed E-state index contributed by atoms with van der Waals surface area (Å²) < 4.78 is 17.0. The number of hydrogen-bond acceptors (Lipinski definition) is 12. The quantitative estimate of drug-likeness (QED) is 0.180. The van der Waals surface area contributed by atoms with Crippen molar-refractivity contribution < 1.29 is 33.4 Å². The van der Waals surface area contributed by atoms with E-state index in [0.29, 0.717) is 52.4 Å². The van der Waals surface area contributed by atoms with Crippen molar-refractivity contribution in [1.29, 1.82) is 0 Å². The highest BCUT2D eigenvalue weighted by Crippen LogP contribution is 2.26. The van der Waals surface area contributed by atoms with E-state index >= 15 is 0 Å². The number of esters is 3. The molecule has 0 bridgehead atoms. The van der Waals surface area contributed by atoms with Gasteiger partial charge in [-0.05, 0) is 73.8 Å². The first-order valence-electron chi connectivity index (χ1n) is 19.3. The lowest BCUT2D eigenvalue weighted by Gasteiger charge is -2.34. The molecule has 4 rings (SSSR count). The minimum Gasteiger partial charge on any atom is -0.459 e. The van der Waals surface area contributed by atoms with Crippen LogP contribution in [-0.2, 0) is 39.9 Å². The van der Waals surface area contributed by atoms with Crippen LogP contribution >= 0.6 is 0 Å². The number of rotatable bonds is 10. The molecule has 0 saturated carbocycles. The van der Waals surface area contributed by atoms with Crippen LogP contribution in [0.1, 0.15) is 68.0 Å². The Labute approximate surface area is 326 Å². The summed E-state index contributed by atoms with van der Waals surface area (Å²) in [5, 5.41) is 6.23. The molecule has 1 aliphatic rings. The lowest BCUT2D eigenvalue weighted by molar-refractivity contribution is -0.158. The fourth-order valence-corrected chi connectivity index (χ4v) is 6.43. The number of nitrogens with one attached hydrogen (secondary N) is 1. The SMILES string of the molecule is CC(C)(C)OC(=O)CN1CCN(CC(=O)NCc2nc3ccccc3c3ccccc23)CCN(CC(=O)OC(C)(C)C)CCN(CC(=O)OC(C)(C)C)CC1. The Kier molecular flexibility index (Phi) is 15.1. The first-order valence-corrected chi connectivity index (χ1v) is 19.3. The average Bonchev–Trinajstić information content (AvgIpc) is 3.05. The highest BCUT2D eigenvalue weighted by atomic mass is 16.6. The maximum Gasteiger partial charge on any atom is 0.320 e. The zero-order chi connectivity index (χ0) is 40.4. The monoisotopic (exact) mass is 762 g/mol. The molecule has 1 N–H and O–H groups in total. The number of ether oxygens (including phenoxy) is 3. The summed E-state index contributed by atoms with van der Waals surface area (Å²) in [5.74, 6) is -1.20. The molecule has 1 aliphatic heterocycles. The van der Waals surface area contributed by atoms with E-state index in [2.05, 4.69) is 17.4 Å². The van der Waals surface area contributed by atoms with Gasteiger partial charge in [-0.1, -0.05) is 42.5 Å². The van der Waals surface area contributed by atoms with Crippen LogP contribution < -0.4 is 5.32 Å². The number of benzene rings is 2. The van der Waals surface area contributed by atoms with Gasteiger partial charge in [0.25, 0.3) is 0 Å². The normalized spacial score (nSPS) is 16.6. The van der Waals surface area contributed by atoms with Crippen LogP contribution in [-0.4, -0.2) is 144 Å². The Hall–Kier alpha value is -4.17. The van der Waals surface area contributed by atoms with Crippen LogP contribution in [0.3, 0.4) is 0 Å². The standard InChI is InChI=1S/C42H62N6O7/c1-40(2,3)53-37(50)28-46-20-18-45(27-36(49)43-26-35-33-16-11-10-14-31(33)32-15-12-13-17-34(32)44-35)19-21-47(29-38(51)54-41(4,5)6)23-25-48(24-22-46)30-39(52)55-42(7,8)9/h10-17H,18-30H2,1-9H3,(H,43,49). The summed E-state index contributed by atoms with van der Waals surface area (Å²) in [7, 11) is 0. The topological polar surface area (TPSA) is 134 Å². The summed E-state index contributed by atoms with van der Waals surface area (Å²) >= 11 is 0. The molecule has 0 atom stereocenters. The third kappa shape index (κ3) is 15.5. The van der Waals surface area contributed by atoms with Gasteiger partial charge >= 0.3 is 17.9 Å². The second-order valence-corrected chi connectivity index (χ2v) is 17.3. The number of nitrogens with zero attached hydrogens (tertiary/aromatic N) is 5. The van der Waals surface area contributed by atoms with E-state index in [0.717, 1.165) is 27.4 Å². The van der Waals surface area contributed by atoms with Gasteiger partial charge in [0.05, 0.1) is 43.9 Å².